The Morgan fingerprint density at radius 1 is 1.21 bits per heavy atom. The molecule has 2 heterocycles. The van der Waals surface area contributed by atoms with E-state index in [1.54, 1.807) is 12.1 Å². The van der Waals surface area contributed by atoms with E-state index < -0.39 is 0 Å². The van der Waals surface area contributed by atoms with E-state index in [4.69, 9.17) is 4.42 Å². The number of anilines is 1. The van der Waals surface area contributed by atoms with Crippen LogP contribution in [0.15, 0.2) is 53.1 Å². The van der Waals surface area contributed by atoms with Crippen molar-refractivity contribution in [2.24, 2.45) is 0 Å². The first-order chi connectivity index (χ1) is 9.33. The maximum absolute atomic E-state index is 11.9. The summed E-state index contributed by atoms with van der Waals surface area (Å²) in [6, 6.07) is 13.8. The van der Waals surface area contributed by atoms with E-state index in [1.807, 2.05) is 18.2 Å². The minimum Gasteiger partial charge on any atom is -0.459 e. The van der Waals surface area contributed by atoms with E-state index in [9.17, 15) is 4.79 Å². The smallest absolute Gasteiger partial charge is 0.287 e. The lowest BCUT2D eigenvalue weighted by Gasteiger charge is -2.18. The number of benzene rings is 1. The molecule has 1 N–H and O–H groups in total. The molecule has 1 aromatic carbocycles. The number of carbonyl (C=O) groups excluding carboxylic acids is 1. The summed E-state index contributed by atoms with van der Waals surface area (Å²) in [7, 11) is 0. The molecule has 1 amide bonds. The van der Waals surface area contributed by atoms with E-state index in [2.05, 4.69) is 22.3 Å². The van der Waals surface area contributed by atoms with Crippen molar-refractivity contribution in [1.29, 1.82) is 0 Å². The summed E-state index contributed by atoms with van der Waals surface area (Å²) in [5.41, 5.74) is 1.21. The third-order valence-electron chi connectivity index (χ3n) is 3.39. The van der Waals surface area contributed by atoms with E-state index >= 15 is 0 Å². The quantitative estimate of drug-likeness (QED) is 0.916. The molecule has 3 rings (SSSR count). The van der Waals surface area contributed by atoms with Gasteiger partial charge in [-0.1, -0.05) is 18.2 Å². The van der Waals surface area contributed by atoms with Crippen LogP contribution in [0.4, 0.5) is 5.69 Å². The average molecular weight is 256 g/mol. The van der Waals surface area contributed by atoms with Crippen molar-refractivity contribution in [1.82, 2.24) is 5.32 Å². The van der Waals surface area contributed by atoms with E-state index in [0.29, 0.717) is 5.76 Å². The third kappa shape index (κ3) is 2.62. The molecule has 1 aromatic heterocycles. The fraction of sp³-hybridized carbons (Fsp3) is 0.267. The average Bonchev–Trinajstić information content (AvgIpc) is 3.11. The van der Waals surface area contributed by atoms with Crippen LogP contribution in [-0.4, -0.2) is 25.0 Å². The van der Waals surface area contributed by atoms with Crippen LogP contribution in [0.1, 0.15) is 17.0 Å². The maximum Gasteiger partial charge on any atom is 0.287 e. The van der Waals surface area contributed by atoms with Crippen molar-refractivity contribution >= 4 is 11.6 Å². The van der Waals surface area contributed by atoms with Gasteiger partial charge in [0.25, 0.3) is 5.91 Å². The number of para-hydroxylation sites is 1. The molecule has 1 saturated heterocycles. The Morgan fingerprint density at radius 2 is 2.05 bits per heavy atom. The number of carbonyl (C=O) groups is 1. The van der Waals surface area contributed by atoms with Gasteiger partial charge in [0, 0.05) is 24.8 Å². The Kier molecular flexibility index (Phi) is 3.23. The topological polar surface area (TPSA) is 45.5 Å². The molecule has 0 spiro atoms. The molecule has 0 radical (unpaired) electrons. The molecule has 98 valence electrons. The molecule has 1 aliphatic rings. The normalized spacial score (nSPS) is 18.5. The Bertz CT molecular complexity index is 537. The number of nitrogens with one attached hydrogen (secondary N) is 1. The second-order valence-electron chi connectivity index (χ2n) is 4.72. The van der Waals surface area contributed by atoms with Gasteiger partial charge in [-0.15, -0.1) is 0 Å². The Hall–Kier alpha value is -2.23. The fourth-order valence-electron chi connectivity index (χ4n) is 2.42. The third-order valence-corrected chi connectivity index (χ3v) is 3.39. The molecule has 0 bridgehead atoms. The molecule has 0 saturated carbocycles. The van der Waals surface area contributed by atoms with Crippen LogP contribution in [0.5, 0.6) is 0 Å². The van der Waals surface area contributed by atoms with Crippen molar-refractivity contribution in [2.75, 3.05) is 18.0 Å². The highest BCUT2D eigenvalue weighted by Gasteiger charge is 2.24. The molecule has 19 heavy (non-hydrogen) atoms. The number of nitrogens with zero attached hydrogens (tertiary/aromatic N) is 1. The summed E-state index contributed by atoms with van der Waals surface area (Å²) < 4.78 is 5.09. The second kappa shape index (κ2) is 5.18. The first kappa shape index (κ1) is 11.8. The molecule has 1 unspecified atom stereocenters. The highest BCUT2D eigenvalue weighted by molar-refractivity contribution is 5.91. The number of hydrogen-bond donors (Lipinski definition) is 1. The summed E-state index contributed by atoms with van der Waals surface area (Å²) in [6.07, 6.45) is 2.47. The largest absolute Gasteiger partial charge is 0.459 e. The molecular formula is C15H16N2O2. The van der Waals surface area contributed by atoms with Crippen LogP contribution >= 0.6 is 0 Å². The second-order valence-corrected chi connectivity index (χ2v) is 4.72. The highest BCUT2D eigenvalue weighted by Crippen LogP contribution is 2.19. The number of hydrogen-bond acceptors (Lipinski definition) is 3. The van der Waals surface area contributed by atoms with Crippen molar-refractivity contribution in [3.05, 3.63) is 54.5 Å². The van der Waals surface area contributed by atoms with E-state index in [1.165, 1.54) is 12.0 Å². The van der Waals surface area contributed by atoms with Gasteiger partial charge in [0.1, 0.15) is 0 Å². The summed E-state index contributed by atoms with van der Waals surface area (Å²) >= 11 is 0. The zero-order chi connectivity index (χ0) is 13.1. The van der Waals surface area contributed by atoms with Crippen molar-refractivity contribution < 1.29 is 9.21 Å². The van der Waals surface area contributed by atoms with Gasteiger partial charge in [0.15, 0.2) is 5.76 Å². The highest BCUT2D eigenvalue weighted by atomic mass is 16.3. The van der Waals surface area contributed by atoms with Crippen LogP contribution in [0.25, 0.3) is 0 Å². The van der Waals surface area contributed by atoms with Gasteiger partial charge in [-0.3, -0.25) is 4.79 Å². The van der Waals surface area contributed by atoms with Gasteiger partial charge < -0.3 is 14.6 Å². The molecule has 1 aliphatic heterocycles. The lowest BCUT2D eigenvalue weighted by Crippen LogP contribution is -2.36. The Balaban J connectivity index is 1.59. The monoisotopic (exact) mass is 256 g/mol. The van der Waals surface area contributed by atoms with Crippen LogP contribution in [0.3, 0.4) is 0 Å². The summed E-state index contributed by atoms with van der Waals surface area (Å²) in [5, 5.41) is 3.01. The molecule has 4 nitrogen and oxygen atoms in total. The van der Waals surface area contributed by atoms with Crippen molar-refractivity contribution in [3.8, 4) is 0 Å². The number of furan rings is 1. The fourth-order valence-corrected chi connectivity index (χ4v) is 2.42. The molecule has 1 fully saturated rings. The van der Waals surface area contributed by atoms with E-state index in [0.717, 1.165) is 19.5 Å². The van der Waals surface area contributed by atoms with Gasteiger partial charge in [-0.2, -0.15) is 0 Å². The molecule has 2 aromatic rings. The molecule has 0 aliphatic carbocycles. The Labute approximate surface area is 112 Å². The molecule has 1 atom stereocenters. The van der Waals surface area contributed by atoms with Crippen LogP contribution in [0, 0.1) is 0 Å². The van der Waals surface area contributed by atoms with Gasteiger partial charge >= 0.3 is 0 Å². The van der Waals surface area contributed by atoms with Gasteiger partial charge in [-0.25, -0.2) is 0 Å². The number of rotatable bonds is 3. The lowest BCUT2D eigenvalue weighted by atomic mass is 10.2. The van der Waals surface area contributed by atoms with Crippen LogP contribution in [0.2, 0.25) is 0 Å². The van der Waals surface area contributed by atoms with Gasteiger partial charge in [0.05, 0.1) is 6.26 Å². The minimum atomic E-state index is -0.134. The molecular weight excluding hydrogens is 240 g/mol. The predicted octanol–water partition coefficient (Wildman–Crippen LogP) is 2.29. The SMILES string of the molecule is O=C(NC1CCN(c2ccccc2)C1)c1ccco1. The van der Waals surface area contributed by atoms with E-state index in [-0.39, 0.29) is 11.9 Å². The first-order valence-corrected chi connectivity index (χ1v) is 6.47. The van der Waals surface area contributed by atoms with Gasteiger partial charge in [0.2, 0.25) is 0 Å². The van der Waals surface area contributed by atoms with Crippen molar-refractivity contribution in [2.45, 2.75) is 12.5 Å². The first-order valence-electron chi connectivity index (χ1n) is 6.47. The Morgan fingerprint density at radius 3 is 2.79 bits per heavy atom. The van der Waals surface area contributed by atoms with Crippen LogP contribution < -0.4 is 10.2 Å². The van der Waals surface area contributed by atoms with Crippen molar-refractivity contribution in [3.63, 3.8) is 0 Å². The minimum absolute atomic E-state index is 0.134. The summed E-state index contributed by atoms with van der Waals surface area (Å²) in [6.45, 7) is 1.81. The maximum atomic E-state index is 11.9. The molecule has 4 heteroatoms. The zero-order valence-electron chi connectivity index (χ0n) is 10.6. The number of amides is 1. The zero-order valence-corrected chi connectivity index (χ0v) is 10.6. The lowest BCUT2D eigenvalue weighted by molar-refractivity contribution is 0.0912. The summed E-state index contributed by atoms with van der Waals surface area (Å²) in [4.78, 5) is 14.2. The summed E-state index contributed by atoms with van der Waals surface area (Å²) in [5.74, 6) is 0.239. The van der Waals surface area contributed by atoms with Crippen LogP contribution in [-0.2, 0) is 0 Å². The van der Waals surface area contributed by atoms with Gasteiger partial charge in [-0.05, 0) is 30.7 Å². The standard InChI is InChI=1S/C15H16N2O2/c18-15(14-7-4-10-19-14)16-12-8-9-17(11-12)13-5-2-1-3-6-13/h1-7,10,12H,8-9,11H2,(H,16,18). The predicted molar refractivity (Wildman–Crippen MR) is 73.2 cm³/mol.